The van der Waals surface area contributed by atoms with Gasteiger partial charge in [0.05, 0.1) is 0 Å². The minimum Gasteiger partial charge on any atom is -0.265 e. The lowest BCUT2D eigenvalue weighted by atomic mass is 10.0. The van der Waals surface area contributed by atoms with Gasteiger partial charge in [-0.3, -0.25) is 4.98 Å². The standard InChI is InChI=1S/C13H14ClN3/c1-8(2)11-9(3)16-13(17-12(11)14)10-4-6-15-7-5-10/h4-8H,1-3H3. The topological polar surface area (TPSA) is 38.7 Å². The lowest BCUT2D eigenvalue weighted by molar-refractivity contribution is 0.831. The molecule has 0 amide bonds. The molecule has 88 valence electrons. The number of aryl methyl sites for hydroxylation is 1. The van der Waals surface area contributed by atoms with E-state index in [4.69, 9.17) is 11.6 Å². The van der Waals surface area contributed by atoms with Gasteiger partial charge in [-0.15, -0.1) is 0 Å². The van der Waals surface area contributed by atoms with Crippen molar-refractivity contribution < 1.29 is 0 Å². The van der Waals surface area contributed by atoms with Gasteiger partial charge in [0.15, 0.2) is 5.82 Å². The minimum absolute atomic E-state index is 0.328. The van der Waals surface area contributed by atoms with E-state index in [1.54, 1.807) is 12.4 Å². The van der Waals surface area contributed by atoms with Crippen molar-refractivity contribution in [3.63, 3.8) is 0 Å². The Bertz CT molecular complexity index is 500. The van der Waals surface area contributed by atoms with Crippen LogP contribution in [-0.2, 0) is 0 Å². The van der Waals surface area contributed by atoms with Crippen LogP contribution in [0.1, 0.15) is 31.0 Å². The molecular formula is C13H14ClN3. The van der Waals surface area contributed by atoms with Gasteiger partial charge in [0.25, 0.3) is 0 Å². The predicted molar refractivity (Wildman–Crippen MR) is 69.1 cm³/mol. The van der Waals surface area contributed by atoms with Crippen LogP contribution in [0.3, 0.4) is 0 Å². The van der Waals surface area contributed by atoms with Gasteiger partial charge in [0.2, 0.25) is 0 Å². The van der Waals surface area contributed by atoms with Crippen LogP contribution in [0, 0.1) is 6.92 Å². The fourth-order valence-electron chi connectivity index (χ4n) is 1.83. The number of hydrogen-bond donors (Lipinski definition) is 0. The smallest absolute Gasteiger partial charge is 0.161 e. The zero-order chi connectivity index (χ0) is 12.4. The van der Waals surface area contributed by atoms with Crippen LogP contribution < -0.4 is 0 Å². The minimum atomic E-state index is 0.328. The monoisotopic (exact) mass is 247 g/mol. The third-order valence-corrected chi connectivity index (χ3v) is 2.89. The summed E-state index contributed by atoms with van der Waals surface area (Å²) in [5.74, 6) is 0.980. The quantitative estimate of drug-likeness (QED) is 0.761. The Labute approximate surface area is 106 Å². The van der Waals surface area contributed by atoms with Gasteiger partial charge in [0, 0.05) is 29.2 Å². The molecule has 4 heteroatoms. The first-order valence-electron chi connectivity index (χ1n) is 5.54. The largest absolute Gasteiger partial charge is 0.265 e. The molecule has 0 atom stereocenters. The first-order chi connectivity index (χ1) is 8.09. The Balaban J connectivity index is 2.53. The van der Waals surface area contributed by atoms with Crippen molar-refractivity contribution in [2.24, 2.45) is 0 Å². The highest BCUT2D eigenvalue weighted by Crippen LogP contribution is 2.27. The molecule has 0 aliphatic heterocycles. The van der Waals surface area contributed by atoms with E-state index in [1.165, 1.54) is 0 Å². The maximum Gasteiger partial charge on any atom is 0.161 e. The lowest BCUT2D eigenvalue weighted by Gasteiger charge is -2.12. The molecule has 0 saturated heterocycles. The molecule has 0 radical (unpaired) electrons. The summed E-state index contributed by atoms with van der Waals surface area (Å²) in [6, 6.07) is 3.75. The molecule has 0 unspecified atom stereocenters. The van der Waals surface area contributed by atoms with Crippen LogP contribution in [0.15, 0.2) is 24.5 Å². The Kier molecular flexibility index (Phi) is 3.38. The van der Waals surface area contributed by atoms with Gasteiger partial charge in [-0.25, -0.2) is 9.97 Å². The summed E-state index contributed by atoms with van der Waals surface area (Å²) in [7, 11) is 0. The van der Waals surface area contributed by atoms with Gasteiger partial charge in [-0.05, 0) is 25.0 Å². The molecule has 0 fully saturated rings. The van der Waals surface area contributed by atoms with Crippen molar-refractivity contribution in [2.75, 3.05) is 0 Å². The normalized spacial score (nSPS) is 10.9. The van der Waals surface area contributed by atoms with E-state index in [1.807, 2.05) is 19.1 Å². The summed E-state index contributed by atoms with van der Waals surface area (Å²) in [4.78, 5) is 12.8. The molecule has 0 bridgehead atoms. The second kappa shape index (κ2) is 4.80. The Morgan fingerprint density at radius 3 is 2.29 bits per heavy atom. The number of rotatable bonds is 2. The van der Waals surface area contributed by atoms with E-state index in [0.717, 1.165) is 16.8 Å². The molecule has 2 aromatic rings. The Morgan fingerprint density at radius 1 is 1.12 bits per heavy atom. The van der Waals surface area contributed by atoms with Crippen molar-refractivity contribution in [2.45, 2.75) is 26.7 Å². The number of halogens is 1. The SMILES string of the molecule is Cc1nc(-c2ccncc2)nc(Cl)c1C(C)C. The van der Waals surface area contributed by atoms with E-state index < -0.39 is 0 Å². The van der Waals surface area contributed by atoms with Crippen LogP contribution >= 0.6 is 11.6 Å². The molecule has 0 aliphatic rings. The van der Waals surface area contributed by atoms with Crippen molar-refractivity contribution >= 4 is 11.6 Å². The van der Waals surface area contributed by atoms with E-state index >= 15 is 0 Å². The molecule has 0 spiro atoms. The van der Waals surface area contributed by atoms with Crippen molar-refractivity contribution in [3.05, 3.63) is 40.9 Å². The van der Waals surface area contributed by atoms with E-state index in [-0.39, 0.29) is 0 Å². The van der Waals surface area contributed by atoms with Gasteiger partial charge in [-0.2, -0.15) is 0 Å². The molecule has 0 saturated carbocycles. The molecule has 17 heavy (non-hydrogen) atoms. The summed E-state index contributed by atoms with van der Waals surface area (Å²) >= 11 is 6.21. The van der Waals surface area contributed by atoms with Crippen LogP contribution in [0.2, 0.25) is 5.15 Å². The molecular weight excluding hydrogens is 234 g/mol. The summed E-state index contributed by atoms with van der Waals surface area (Å²) < 4.78 is 0. The summed E-state index contributed by atoms with van der Waals surface area (Å²) in [6.07, 6.45) is 3.44. The zero-order valence-corrected chi connectivity index (χ0v) is 10.9. The molecule has 0 aliphatic carbocycles. The van der Waals surface area contributed by atoms with E-state index in [9.17, 15) is 0 Å². The summed E-state index contributed by atoms with van der Waals surface area (Å²) in [5.41, 5.74) is 2.89. The molecule has 2 aromatic heterocycles. The van der Waals surface area contributed by atoms with E-state index in [2.05, 4.69) is 28.8 Å². The van der Waals surface area contributed by atoms with E-state index in [0.29, 0.717) is 16.9 Å². The maximum absolute atomic E-state index is 6.21. The highest BCUT2D eigenvalue weighted by Gasteiger charge is 2.13. The van der Waals surface area contributed by atoms with Crippen molar-refractivity contribution in [1.29, 1.82) is 0 Å². The van der Waals surface area contributed by atoms with Crippen LogP contribution in [0.5, 0.6) is 0 Å². The Hall–Kier alpha value is -1.48. The first kappa shape index (κ1) is 12.0. The van der Waals surface area contributed by atoms with Gasteiger partial charge >= 0.3 is 0 Å². The molecule has 3 nitrogen and oxygen atoms in total. The maximum atomic E-state index is 6.21. The average molecular weight is 248 g/mol. The number of nitrogens with zero attached hydrogens (tertiary/aromatic N) is 3. The third-order valence-electron chi connectivity index (χ3n) is 2.61. The number of hydrogen-bond acceptors (Lipinski definition) is 3. The number of pyridine rings is 1. The molecule has 0 aromatic carbocycles. The fraction of sp³-hybridized carbons (Fsp3) is 0.308. The molecule has 2 rings (SSSR count). The number of aromatic nitrogens is 3. The highest BCUT2D eigenvalue weighted by atomic mass is 35.5. The third kappa shape index (κ3) is 2.44. The second-order valence-corrected chi connectivity index (χ2v) is 4.59. The van der Waals surface area contributed by atoms with Gasteiger partial charge in [0.1, 0.15) is 5.15 Å². The summed E-state index contributed by atoms with van der Waals surface area (Å²) in [6.45, 7) is 6.14. The van der Waals surface area contributed by atoms with Crippen LogP contribution in [0.25, 0.3) is 11.4 Å². The molecule has 0 N–H and O–H groups in total. The lowest BCUT2D eigenvalue weighted by Crippen LogP contribution is -2.01. The predicted octanol–water partition coefficient (Wildman–Crippen LogP) is 3.62. The first-order valence-corrected chi connectivity index (χ1v) is 5.92. The molecule has 2 heterocycles. The van der Waals surface area contributed by atoms with Gasteiger partial charge < -0.3 is 0 Å². The van der Waals surface area contributed by atoms with Crippen molar-refractivity contribution in [3.8, 4) is 11.4 Å². The van der Waals surface area contributed by atoms with Gasteiger partial charge in [-0.1, -0.05) is 25.4 Å². The summed E-state index contributed by atoms with van der Waals surface area (Å²) in [5, 5.41) is 0.541. The average Bonchev–Trinajstić information content (AvgIpc) is 2.28. The highest BCUT2D eigenvalue weighted by molar-refractivity contribution is 6.30. The fourth-order valence-corrected chi connectivity index (χ4v) is 2.27. The van der Waals surface area contributed by atoms with Crippen LogP contribution in [-0.4, -0.2) is 15.0 Å². The zero-order valence-electron chi connectivity index (χ0n) is 10.1. The van der Waals surface area contributed by atoms with Crippen molar-refractivity contribution in [1.82, 2.24) is 15.0 Å². The Morgan fingerprint density at radius 2 is 1.76 bits per heavy atom. The second-order valence-electron chi connectivity index (χ2n) is 4.23. The van der Waals surface area contributed by atoms with Crippen LogP contribution in [0.4, 0.5) is 0 Å².